The number of nitro benzene ring substituents is 1. The molecule has 0 radical (unpaired) electrons. The molecule has 8 heteroatoms. The molecule has 2 aromatic carbocycles. The molecule has 158 valence electrons. The van der Waals surface area contributed by atoms with Gasteiger partial charge >= 0.3 is 5.97 Å². The average Bonchev–Trinajstić information content (AvgIpc) is 3.05. The number of nitro groups is 1. The molecule has 0 saturated carbocycles. The van der Waals surface area contributed by atoms with Crippen molar-refractivity contribution in [3.63, 3.8) is 0 Å². The summed E-state index contributed by atoms with van der Waals surface area (Å²) in [5.41, 5.74) is 1.17. The number of carbonyl (C=O) groups excluding carboxylic acids is 1. The van der Waals surface area contributed by atoms with Gasteiger partial charge in [-0.15, -0.1) is 0 Å². The van der Waals surface area contributed by atoms with Gasteiger partial charge in [-0.05, 0) is 40.5 Å². The molecular formula is C22H22BrNO6. The summed E-state index contributed by atoms with van der Waals surface area (Å²) in [6, 6.07) is 9.72. The third-order valence-electron chi connectivity index (χ3n) is 4.42. The first-order valence-electron chi connectivity index (χ1n) is 9.41. The number of carbonyl (C=O) groups is 1. The van der Waals surface area contributed by atoms with E-state index in [0.717, 1.165) is 0 Å². The zero-order valence-electron chi connectivity index (χ0n) is 17.2. The fourth-order valence-corrected chi connectivity index (χ4v) is 3.50. The minimum absolute atomic E-state index is 0.000122. The van der Waals surface area contributed by atoms with Gasteiger partial charge in [0.1, 0.15) is 29.3 Å². The Hall–Kier alpha value is -2.87. The normalized spacial score (nSPS) is 11.5. The highest BCUT2D eigenvalue weighted by Gasteiger charge is 2.30. The summed E-state index contributed by atoms with van der Waals surface area (Å²) in [4.78, 5) is 23.2. The molecule has 0 N–H and O–H groups in total. The molecule has 0 fully saturated rings. The summed E-state index contributed by atoms with van der Waals surface area (Å²) in [6.45, 7) is 8.01. The Labute approximate surface area is 182 Å². The van der Waals surface area contributed by atoms with Crippen molar-refractivity contribution in [1.82, 2.24) is 0 Å². The highest BCUT2D eigenvalue weighted by Crippen LogP contribution is 2.39. The average molecular weight is 476 g/mol. The van der Waals surface area contributed by atoms with Crippen molar-refractivity contribution in [1.29, 1.82) is 0 Å². The number of fused-ring (bicyclic) bond motifs is 1. The molecule has 0 atom stereocenters. The monoisotopic (exact) mass is 475 g/mol. The Morgan fingerprint density at radius 1 is 1.23 bits per heavy atom. The van der Waals surface area contributed by atoms with E-state index in [-0.39, 0.29) is 18.9 Å². The fraction of sp³-hybridized carbons (Fsp3) is 0.318. The molecule has 7 nitrogen and oxygen atoms in total. The second-order valence-electron chi connectivity index (χ2n) is 7.77. The first-order chi connectivity index (χ1) is 14.1. The van der Waals surface area contributed by atoms with Crippen LogP contribution in [0.2, 0.25) is 0 Å². The number of furan rings is 1. The van der Waals surface area contributed by atoms with E-state index in [1.54, 1.807) is 31.2 Å². The van der Waals surface area contributed by atoms with Gasteiger partial charge in [-0.3, -0.25) is 10.1 Å². The molecule has 0 bridgehead atoms. The lowest BCUT2D eigenvalue weighted by atomic mass is 9.89. The molecule has 1 heterocycles. The van der Waals surface area contributed by atoms with Crippen molar-refractivity contribution in [3.05, 3.63) is 67.9 Å². The summed E-state index contributed by atoms with van der Waals surface area (Å²) >= 11 is 3.47. The third-order valence-corrected chi connectivity index (χ3v) is 5.04. The van der Waals surface area contributed by atoms with Crippen LogP contribution in [0.1, 0.15) is 49.4 Å². The number of benzene rings is 2. The topological polar surface area (TPSA) is 91.8 Å². The quantitative estimate of drug-likeness (QED) is 0.241. The number of esters is 1. The number of hydrogen-bond acceptors (Lipinski definition) is 6. The first-order valence-corrected chi connectivity index (χ1v) is 10.2. The molecule has 3 rings (SSSR count). The lowest BCUT2D eigenvalue weighted by Gasteiger charge is -2.16. The van der Waals surface area contributed by atoms with Gasteiger partial charge in [0.25, 0.3) is 5.69 Å². The molecule has 3 aromatic rings. The van der Waals surface area contributed by atoms with E-state index >= 15 is 0 Å². The standard InChI is InChI=1S/C22H22BrNO6/c1-5-28-21(25)19-15-10-18(16(23)11-17(15)30-20(19)22(2,3)4)29-12-13-7-6-8-14(9-13)24(26)27/h6-11H,5,12H2,1-4H3. The molecule has 0 aliphatic rings. The van der Waals surface area contributed by atoms with Crippen molar-refractivity contribution in [3.8, 4) is 5.75 Å². The molecule has 0 aliphatic heterocycles. The van der Waals surface area contributed by atoms with E-state index in [9.17, 15) is 14.9 Å². The molecule has 0 aliphatic carbocycles. The van der Waals surface area contributed by atoms with Gasteiger partial charge in [-0.25, -0.2) is 4.79 Å². The van der Waals surface area contributed by atoms with Crippen molar-refractivity contribution < 1.29 is 23.6 Å². The van der Waals surface area contributed by atoms with Gasteiger partial charge in [0.15, 0.2) is 0 Å². The lowest BCUT2D eigenvalue weighted by molar-refractivity contribution is -0.384. The predicted molar refractivity (Wildman–Crippen MR) is 116 cm³/mol. The Morgan fingerprint density at radius 2 is 1.97 bits per heavy atom. The summed E-state index contributed by atoms with van der Waals surface area (Å²) in [6.07, 6.45) is 0. The van der Waals surface area contributed by atoms with Gasteiger partial charge in [0.2, 0.25) is 0 Å². The van der Waals surface area contributed by atoms with Crippen LogP contribution < -0.4 is 4.74 Å². The van der Waals surface area contributed by atoms with Crippen molar-refractivity contribution in [2.45, 2.75) is 39.7 Å². The Morgan fingerprint density at radius 3 is 2.60 bits per heavy atom. The summed E-state index contributed by atoms with van der Waals surface area (Å²) < 4.78 is 17.8. The summed E-state index contributed by atoms with van der Waals surface area (Å²) in [7, 11) is 0. The Kier molecular flexibility index (Phi) is 6.17. The molecule has 0 unspecified atom stereocenters. The smallest absolute Gasteiger partial charge is 0.342 e. The highest BCUT2D eigenvalue weighted by atomic mass is 79.9. The van der Waals surface area contributed by atoms with E-state index in [4.69, 9.17) is 13.9 Å². The maximum atomic E-state index is 12.7. The zero-order valence-corrected chi connectivity index (χ0v) is 18.7. The Balaban J connectivity index is 2.01. The fourth-order valence-electron chi connectivity index (χ4n) is 3.06. The molecule has 0 spiro atoms. The van der Waals surface area contributed by atoms with E-state index in [1.807, 2.05) is 20.8 Å². The van der Waals surface area contributed by atoms with Crippen LogP contribution in [0.4, 0.5) is 5.69 Å². The van der Waals surface area contributed by atoms with Crippen LogP contribution in [0.15, 0.2) is 45.3 Å². The van der Waals surface area contributed by atoms with Gasteiger partial charge < -0.3 is 13.9 Å². The number of non-ortho nitro benzene ring substituents is 1. The lowest BCUT2D eigenvalue weighted by Crippen LogP contribution is -2.16. The van der Waals surface area contributed by atoms with Crippen LogP contribution in [0.3, 0.4) is 0 Å². The van der Waals surface area contributed by atoms with Crippen molar-refractivity contribution in [2.75, 3.05) is 6.61 Å². The molecule has 0 amide bonds. The zero-order chi connectivity index (χ0) is 22.1. The number of hydrogen-bond donors (Lipinski definition) is 0. The Bertz CT molecular complexity index is 1110. The number of nitrogens with zero attached hydrogens (tertiary/aromatic N) is 1. The maximum absolute atomic E-state index is 12.7. The largest absolute Gasteiger partial charge is 0.488 e. The van der Waals surface area contributed by atoms with Gasteiger partial charge in [0.05, 0.1) is 16.0 Å². The minimum atomic E-state index is -0.451. The van der Waals surface area contributed by atoms with Gasteiger partial charge in [-0.1, -0.05) is 32.9 Å². The highest BCUT2D eigenvalue weighted by molar-refractivity contribution is 9.10. The second-order valence-corrected chi connectivity index (χ2v) is 8.63. The second kappa shape index (κ2) is 8.47. The molecule has 30 heavy (non-hydrogen) atoms. The van der Waals surface area contributed by atoms with Crippen molar-refractivity contribution in [2.24, 2.45) is 0 Å². The van der Waals surface area contributed by atoms with Gasteiger partial charge in [-0.2, -0.15) is 0 Å². The van der Waals surface area contributed by atoms with Crippen LogP contribution in [-0.4, -0.2) is 17.5 Å². The molecular weight excluding hydrogens is 454 g/mol. The summed E-state index contributed by atoms with van der Waals surface area (Å²) in [5, 5.41) is 11.6. The maximum Gasteiger partial charge on any atom is 0.342 e. The van der Waals surface area contributed by atoms with Crippen LogP contribution in [0.5, 0.6) is 5.75 Å². The number of halogens is 1. The SMILES string of the molecule is CCOC(=O)c1c(C(C)(C)C)oc2cc(Br)c(OCc3cccc([N+](=O)[O-])c3)cc12. The van der Waals surface area contributed by atoms with E-state index in [1.165, 1.54) is 12.1 Å². The van der Waals surface area contributed by atoms with E-state index < -0.39 is 16.3 Å². The van der Waals surface area contributed by atoms with Crippen LogP contribution >= 0.6 is 15.9 Å². The predicted octanol–water partition coefficient (Wildman–Crippen LogP) is 6.16. The van der Waals surface area contributed by atoms with Gasteiger partial charge in [0, 0.05) is 22.9 Å². The first kappa shape index (κ1) is 21.8. The minimum Gasteiger partial charge on any atom is -0.488 e. The molecule has 0 saturated heterocycles. The molecule has 1 aromatic heterocycles. The van der Waals surface area contributed by atoms with Crippen LogP contribution in [-0.2, 0) is 16.8 Å². The third kappa shape index (κ3) is 4.48. The van der Waals surface area contributed by atoms with Crippen LogP contribution in [0, 0.1) is 10.1 Å². The van der Waals surface area contributed by atoms with E-state index in [2.05, 4.69) is 15.9 Å². The summed E-state index contributed by atoms with van der Waals surface area (Å²) in [5.74, 6) is 0.577. The number of rotatable bonds is 6. The van der Waals surface area contributed by atoms with E-state index in [0.29, 0.717) is 38.1 Å². The van der Waals surface area contributed by atoms with Crippen molar-refractivity contribution >= 4 is 38.6 Å². The number of ether oxygens (including phenoxy) is 2. The van der Waals surface area contributed by atoms with Crippen LogP contribution in [0.25, 0.3) is 11.0 Å².